The molecule has 26 heavy (non-hydrogen) atoms. The second kappa shape index (κ2) is 9.01. The van der Waals surface area contributed by atoms with Gasteiger partial charge in [0, 0.05) is 17.3 Å². The molecule has 0 unspecified atom stereocenters. The van der Waals surface area contributed by atoms with Gasteiger partial charge in [0.15, 0.2) is 5.84 Å². The monoisotopic (exact) mass is 373 g/mol. The average Bonchev–Trinajstić information content (AvgIpc) is 2.66. The number of ether oxygens (including phenoxy) is 1. The summed E-state index contributed by atoms with van der Waals surface area (Å²) in [6.45, 7) is 2.58. The van der Waals surface area contributed by atoms with E-state index in [9.17, 15) is 5.21 Å². The first-order chi connectivity index (χ1) is 12.7. The fourth-order valence-electron chi connectivity index (χ4n) is 3.18. The van der Waals surface area contributed by atoms with Crippen molar-refractivity contribution in [1.29, 1.82) is 0 Å². The second-order valence-corrected chi connectivity index (χ2v) is 7.10. The molecule has 0 atom stereocenters. The van der Waals surface area contributed by atoms with E-state index >= 15 is 0 Å². The number of halogens is 1. The molecule has 1 aromatic carbocycles. The minimum atomic E-state index is 0.382. The van der Waals surface area contributed by atoms with Crippen LogP contribution in [0.25, 0.3) is 0 Å². The van der Waals surface area contributed by atoms with E-state index in [1.165, 1.54) is 32.1 Å². The van der Waals surface area contributed by atoms with Crippen LogP contribution in [0.5, 0.6) is 11.6 Å². The molecule has 1 aliphatic rings. The van der Waals surface area contributed by atoms with Gasteiger partial charge in [-0.15, -0.1) is 0 Å². The fourth-order valence-corrected chi connectivity index (χ4v) is 3.30. The maximum absolute atomic E-state index is 9.62. The molecule has 1 saturated carbocycles. The van der Waals surface area contributed by atoms with E-state index in [2.05, 4.69) is 15.5 Å². The molecule has 2 N–H and O–H groups in total. The van der Waals surface area contributed by atoms with Crippen LogP contribution < -0.4 is 10.2 Å². The molecule has 3 rings (SSSR count). The summed E-state index contributed by atoms with van der Waals surface area (Å²) in [5, 5.41) is 10.3. The van der Waals surface area contributed by atoms with Crippen molar-refractivity contribution >= 4 is 17.4 Å². The SMILES string of the molecule is Cc1ccc(C(=NCC2CCCCC2)NO)c(Oc2ccc(Cl)cc2)n1. The van der Waals surface area contributed by atoms with Gasteiger partial charge in [0.1, 0.15) is 5.75 Å². The van der Waals surface area contributed by atoms with Gasteiger partial charge < -0.3 is 4.74 Å². The molecule has 6 heteroatoms. The maximum atomic E-state index is 9.62. The number of aromatic nitrogens is 1. The summed E-state index contributed by atoms with van der Waals surface area (Å²) in [5.41, 5.74) is 3.67. The number of pyridine rings is 1. The molecule has 0 spiro atoms. The van der Waals surface area contributed by atoms with Gasteiger partial charge in [-0.1, -0.05) is 30.9 Å². The minimum Gasteiger partial charge on any atom is -0.438 e. The van der Waals surface area contributed by atoms with Crippen LogP contribution in [0.4, 0.5) is 0 Å². The third-order valence-corrected chi connectivity index (χ3v) is 4.87. The number of benzene rings is 1. The van der Waals surface area contributed by atoms with Crippen LogP contribution in [0.1, 0.15) is 43.4 Å². The van der Waals surface area contributed by atoms with Crippen LogP contribution in [-0.2, 0) is 0 Å². The normalized spacial score (nSPS) is 15.7. The first-order valence-electron chi connectivity index (χ1n) is 9.01. The van der Waals surface area contributed by atoms with Crippen LogP contribution in [0.2, 0.25) is 5.02 Å². The van der Waals surface area contributed by atoms with Gasteiger partial charge in [0.25, 0.3) is 0 Å². The Kier molecular flexibility index (Phi) is 6.47. The molecule has 138 valence electrons. The zero-order chi connectivity index (χ0) is 18.4. The number of hydrogen-bond acceptors (Lipinski definition) is 4. The lowest BCUT2D eigenvalue weighted by atomic mass is 9.89. The predicted molar refractivity (Wildman–Crippen MR) is 103 cm³/mol. The first-order valence-corrected chi connectivity index (χ1v) is 9.39. The quantitative estimate of drug-likeness (QED) is 0.432. The van der Waals surface area contributed by atoms with E-state index in [1.807, 2.05) is 19.1 Å². The number of nitrogens with one attached hydrogen (secondary N) is 1. The van der Waals surface area contributed by atoms with Crippen molar-refractivity contribution in [3.05, 3.63) is 52.7 Å². The van der Waals surface area contributed by atoms with E-state index in [1.54, 1.807) is 24.3 Å². The number of amidine groups is 1. The molecular weight excluding hydrogens is 350 g/mol. The predicted octanol–water partition coefficient (Wildman–Crippen LogP) is 5.14. The lowest BCUT2D eigenvalue weighted by Crippen LogP contribution is -2.23. The zero-order valence-electron chi connectivity index (χ0n) is 14.9. The number of aryl methyl sites for hydroxylation is 1. The van der Waals surface area contributed by atoms with Crippen molar-refractivity contribution in [2.45, 2.75) is 39.0 Å². The number of nitrogens with zero attached hydrogens (tertiary/aromatic N) is 2. The van der Waals surface area contributed by atoms with Gasteiger partial charge >= 0.3 is 0 Å². The maximum Gasteiger partial charge on any atom is 0.230 e. The highest BCUT2D eigenvalue weighted by molar-refractivity contribution is 6.30. The van der Waals surface area contributed by atoms with Gasteiger partial charge in [-0.25, -0.2) is 4.98 Å². The van der Waals surface area contributed by atoms with Crippen molar-refractivity contribution in [3.63, 3.8) is 0 Å². The Balaban J connectivity index is 1.83. The number of hydroxylamine groups is 1. The molecule has 0 aliphatic heterocycles. The second-order valence-electron chi connectivity index (χ2n) is 6.67. The van der Waals surface area contributed by atoms with Crippen molar-refractivity contribution in [2.24, 2.45) is 10.9 Å². The lowest BCUT2D eigenvalue weighted by Gasteiger charge is -2.20. The van der Waals surface area contributed by atoms with Crippen LogP contribution >= 0.6 is 11.6 Å². The summed E-state index contributed by atoms with van der Waals surface area (Å²) in [7, 11) is 0. The van der Waals surface area contributed by atoms with E-state index < -0.39 is 0 Å². The van der Waals surface area contributed by atoms with Crippen LogP contribution in [0.3, 0.4) is 0 Å². The Morgan fingerprint density at radius 3 is 2.62 bits per heavy atom. The van der Waals surface area contributed by atoms with Crippen molar-refractivity contribution in [2.75, 3.05) is 6.54 Å². The molecule has 0 saturated heterocycles. The third-order valence-electron chi connectivity index (χ3n) is 4.62. The molecule has 1 fully saturated rings. The summed E-state index contributed by atoms with van der Waals surface area (Å²) in [5.74, 6) is 1.98. The van der Waals surface area contributed by atoms with Crippen LogP contribution in [-0.4, -0.2) is 22.6 Å². The zero-order valence-corrected chi connectivity index (χ0v) is 15.7. The van der Waals surface area contributed by atoms with Crippen molar-refractivity contribution < 1.29 is 9.94 Å². The van der Waals surface area contributed by atoms with Gasteiger partial charge in [-0.3, -0.25) is 15.7 Å². The van der Waals surface area contributed by atoms with E-state index in [0.29, 0.717) is 40.5 Å². The largest absolute Gasteiger partial charge is 0.438 e. The third kappa shape index (κ3) is 4.96. The molecule has 1 heterocycles. The van der Waals surface area contributed by atoms with E-state index in [4.69, 9.17) is 16.3 Å². The molecular formula is C20H24ClN3O2. The summed E-state index contributed by atoms with van der Waals surface area (Å²) in [6, 6.07) is 10.8. The Bertz CT molecular complexity index is 756. The Morgan fingerprint density at radius 1 is 1.19 bits per heavy atom. The van der Waals surface area contributed by atoms with Gasteiger partial charge in [0.05, 0.1) is 5.56 Å². The molecule has 1 aromatic heterocycles. The summed E-state index contributed by atoms with van der Waals surface area (Å²) in [6.07, 6.45) is 6.23. The van der Waals surface area contributed by atoms with E-state index in [0.717, 1.165) is 5.69 Å². The number of rotatable bonds is 5. The van der Waals surface area contributed by atoms with Crippen molar-refractivity contribution in [1.82, 2.24) is 10.5 Å². The Morgan fingerprint density at radius 2 is 1.92 bits per heavy atom. The Hall–Kier alpha value is -2.11. The highest BCUT2D eigenvalue weighted by Gasteiger charge is 2.16. The smallest absolute Gasteiger partial charge is 0.230 e. The highest BCUT2D eigenvalue weighted by Crippen LogP contribution is 2.27. The molecule has 0 radical (unpaired) electrons. The van der Waals surface area contributed by atoms with Gasteiger partial charge in [-0.2, -0.15) is 0 Å². The standard InChI is InChI=1S/C20H24ClN3O2/c1-14-7-12-18(19(24-25)22-13-15-5-3-2-4-6-15)20(23-14)26-17-10-8-16(21)9-11-17/h7-12,15,25H,2-6,13H2,1H3,(H,22,24). The number of hydrogen-bond donors (Lipinski definition) is 2. The van der Waals surface area contributed by atoms with Gasteiger partial charge in [-0.05, 0) is 62.1 Å². The van der Waals surface area contributed by atoms with Crippen LogP contribution in [0, 0.1) is 12.8 Å². The summed E-state index contributed by atoms with van der Waals surface area (Å²) >= 11 is 5.93. The minimum absolute atomic E-state index is 0.382. The summed E-state index contributed by atoms with van der Waals surface area (Å²) < 4.78 is 5.92. The van der Waals surface area contributed by atoms with Gasteiger partial charge in [0.2, 0.25) is 5.88 Å². The molecule has 2 aromatic rings. The first kappa shape index (κ1) is 18.7. The number of aliphatic imine (C=N–C) groups is 1. The molecule has 0 amide bonds. The lowest BCUT2D eigenvalue weighted by molar-refractivity contribution is 0.233. The van der Waals surface area contributed by atoms with Crippen LogP contribution in [0.15, 0.2) is 41.4 Å². The van der Waals surface area contributed by atoms with E-state index in [-0.39, 0.29) is 0 Å². The topological polar surface area (TPSA) is 66.7 Å². The molecule has 1 aliphatic carbocycles. The summed E-state index contributed by atoms with van der Waals surface area (Å²) in [4.78, 5) is 9.06. The average molecular weight is 374 g/mol. The van der Waals surface area contributed by atoms with Crippen molar-refractivity contribution in [3.8, 4) is 11.6 Å². The highest BCUT2D eigenvalue weighted by atomic mass is 35.5. The fraction of sp³-hybridized carbons (Fsp3) is 0.400. The molecule has 5 nitrogen and oxygen atoms in total. The Labute approximate surface area is 159 Å². The molecule has 0 bridgehead atoms.